The number of carbonyl (C=O) groups excluding carboxylic acids is 2. The van der Waals surface area contributed by atoms with Gasteiger partial charge in [-0.15, -0.1) is 11.8 Å². The number of nitrogens with zero attached hydrogens (tertiary/aromatic N) is 2. The first-order valence-corrected chi connectivity index (χ1v) is 17.5. The van der Waals surface area contributed by atoms with Crippen LogP contribution < -0.4 is 16.5 Å². The van der Waals surface area contributed by atoms with E-state index in [-0.39, 0.29) is 24.1 Å². The number of hydrogen-bond donors (Lipinski definition) is 3. The van der Waals surface area contributed by atoms with E-state index in [2.05, 4.69) is 10.1 Å². The quantitative estimate of drug-likeness (QED) is 0.140. The van der Waals surface area contributed by atoms with Gasteiger partial charge in [0.05, 0.1) is 18.5 Å². The van der Waals surface area contributed by atoms with Gasteiger partial charge in [0, 0.05) is 17.4 Å². The number of esters is 1. The second-order valence-electron chi connectivity index (χ2n) is 11.2. The predicted molar refractivity (Wildman–Crippen MR) is 169 cm³/mol. The monoisotopic (exact) mass is 674 g/mol. The molecule has 6 atom stereocenters. The molecule has 44 heavy (non-hydrogen) atoms. The molecule has 1 aromatic carbocycles. The van der Waals surface area contributed by atoms with Crippen molar-refractivity contribution in [2.45, 2.75) is 76.1 Å². The molecule has 1 aliphatic heterocycles. The zero-order valence-corrected chi connectivity index (χ0v) is 27.6. The molecule has 0 spiro atoms. The number of aliphatic hydroxyl groups excluding tert-OH is 1. The Morgan fingerprint density at radius 1 is 1.23 bits per heavy atom. The minimum atomic E-state index is -4.19. The smallest absolute Gasteiger partial charge is 0.406 e. The number of nitrogen functional groups attached to an aromatic ring is 1. The number of aliphatic hydroxyl groups is 1. The van der Waals surface area contributed by atoms with E-state index >= 15 is 4.39 Å². The molecule has 2 aromatic rings. The highest BCUT2D eigenvalue weighted by Crippen LogP contribution is 2.49. The lowest BCUT2D eigenvalue weighted by atomic mass is 10.00. The molecule has 0 radical (unpaired) electrons. The van der Waals surface area contributed by atoms with Gasteiger partial charge in [-0.25, -0.2) is 18.8 Å². The van der Waals surface area contributed by atoms with Crippen molar-refractivity contribution in [3.05, 3.63) is 58.6 Å². The van der Waals surface area contributed by atoms with Crippen molar-refractivity contribution in [3.8, 4) is 0 Å². The van der Waals surface area contributed by atoms with Crippen LogP contribution in [0.1, 0.15) is 51.5 Å². The van der Waals surface area contributed by atoms with Gasteiger partial charge in [-0.3, -0.25) is 23.2 Å². The van der Waals surface area contributed by atoms with E-state index in [9.17, 15) is 24.1 Å². The Kier molecular flexibility index (Phi) is 13.5. The third kappa shape index (κ3) is 10.7. The summed E-state index contributed by atoms with van der Waals surface area (Å²) in [4.78, 5) is 40.7. The van der Waals surface area contributed by atoms with Gasteiger partial charge < -0.3 is 15.6 Å². The Labute approximate surface area is 264 Å². The van der Waals surface area contributed by atoms with Crippen LogP contribution in [0.3, 0.4) is 0 Å². The normalized spacial score (nSPS) is 22.3. The number of anilines is 1. The average molecular weight is 675 g/mol. The maximum absolute atomic E-state index is 15.1. The molecule has 244 valence electrons. The van der Waals surface area contributed by atoms with Crippen LogP contribution in [0.5, 0.6) is 0 Å². The van der Waals surface area contributed by atoms with Crippen LogP contribution in [-0.4, -0.2) is 68.3 Å². The molecule has 0 bridgehead atoms. The molecule has 1 aromatic heterocycles. The summed E-state index contributed by atoms with van der Waals surface area (Å²) < 4.78 is 46.4. The summed E-state index contributed by atoms with van der Waals surface area (Å²) in [5, 5.41) is 11.2. The molecule has 1 fully saturated rings. The van der Waals surface area contributed by atoms with Crippen LogP contribution >= 0.6 is 31.3 Å². The number of hydrogen-bond acceptors (Lipinski definition) is 12. The number of aromatic nitrogens is 2. The zero-order chi connectivity index (χ0) is 32.5. The van der Waals surface area contributed by atoms with E-state index in [0.29, 0.717) is 18.6 Å². The van der Waals surface area contributed by atoms with E-state index in [1.54, 1.807) is 24.3 Å². The number of unbranched alkanes of at least 4 members (excludes halogenated alkanes) is 1. The van der Waals surface area contributed by atoms with E-state index in [1.807, 2.05) is 26.8 Å². The van der Waals surface area contributed by atoms with Gasteiger partial charge in [0.2, 0.25) is 0 Å². The highest BCUT2D eigenvalue weighted by molar-refractivity contribution is 8.13. The van der Waals surface area contributed by atoms with Gasteiger partial charge in [0.15, 0.2) is 11.3 Å². The highest BCUT2D eigenvalue weighted by atomic mass is 32.2. The summed E-state index contributed by atoms with van der Waals surface area (Å²) in [6.45, 7) is 6.52. The van der Waals surface area contributed by atoms with E-state index in [4.69, 9.17) is 19.5 Å². The molecule has 2 heterocycles. The summed E-state index contributed by atoms with van der Waals surface area (Å²) in [5.41, 5.74) is 5.05. The molecule has 0 aliphatic carbocycles. The number of ether oxygens (including phenoxy) is 1. The third-order valence-electron chi connectivity index (χ3n) is 6.40. The number of nitrogens with one attached hydrogen (secondary N) is 1. The van der Waals surface area contributed by atoms with Gasteiger partial charge in [-0.05, 0) is 31.4 Å². The second kappa shape index (κ2) is 16.3. The Bertz CT molecular complexity index is 1360. The number of benzene rings is 1. The van der Waals surface area contributed by atoms with Crippen LogP contribution in [0.2, 0.25) is 0 Å². The lowest BCUT2D eigenvalue weighted by Gasteiger charge is -2.24. The van der Waals surface area contributed by atoms with E-state index in [1.165, 1.54) is 30.9 Å². The minimum absolute atomic E-state index is 0.00616. The van der Waals surface area contributed by atoms with Crippen LogP contribution in [0.15, 0.2) is 47.4 Å². The Morgan fingerprint density at radius 3 is 2.59 bits per heavy atom. The van der Waals surface area contributed by atoms with Crippen LogP contribution in [0, 0.1) is 5.41 Å². The average Bonchev–Trinajstić information content (AvgIpc) is 3.25. The van der Waals surface area contributed by atoms with E-state index in [0.717, 1.165) is 21.9 Å². The highest BCUT2D eigenvalue weighted by Gasteiger charge is 2.46. The molecule has 12 nitrogen and oxygen atoms in total. The third-order valence-corrected chi connectivity index (χ3v) is 11.0. The molecule has 3 rings (SSSR count). The SMILES string of the molecule is C[C@H](NP(=O)(OCCCCSC(=O)C(C)(C)C)OC[C@H]1S[C@@H](n2ccc(N)nc2=O)[C@@H](F)[C@@H]1O)C(=O)OCc1ccccc1. The molecular formula is C28H40FN4O8PS2. The number of rotatable bonds is 15. The van der Waals surface area contributed by atoms with Crippen molar-refractivity contribution in [2.24, 2.45) is 5.41 Å². The molecule has 16 heteroatoms. The lowest BCUT2D eigenvalue weighted by molar-refractivity contribution is -0.146. The number of alkyl halides is 1. The standard InChI is InChI=1S/C28H40FN4O8PS2/c1-18(25(35)39-16-19-10-6-5-7-11-19)32-42(38,40-14-8-9-15-43-26(36)28(2,3)4)41-17-20-23(34)22(29)24(44-20)33-13-12-21(30)31-27(33)37/h5-7,10-13,18,20,22-24,34H,8-9,14-17H2,1-4H3,(H,32,38)(H2,30,31,37)/t18-,20+,22-,23+,24+,42?/m0/s1. The summed E-state index contributed by atoms with van der Waals surface area (Å²) >= 11 is 2.13. The fraction of sp³-hybridized carbons (Fsp3) is 0.571. The fourth-order valence-electron chi connectivity index (χ4n) is 3.88. The topological polar surface area (TPSA) is 172 Å². The van der Waals surface area contributed by atoms with Crippen LogP contribution in [-0.2, 0) is 34.5 Å². The number of carbonyl (C=O) groups is 2. The molecule has 1 saturated heterocycles. The first kappa shape index (κ1) is 36.2. The van der Waals surface area contributed by atoms with Gasteiger partial charge in [0.25, 0.3) is 0 Å². The van der Waals surface area contributed by atoms with Crippen molar-refractivity contribution < 1.29 is 37.4 Å². The zero-order valence-electron chi connectivity index (χ0n) is 25.1. The van der Waals surface area contributed by atoms with Gasteiger partial charge in [0.1, 0.15) is 29.9 Å². The lowest BCUT2D eigenvalue weighted by Crippen LogP contribution is -2.36. The fourth-order valence-corrected chi connectivity index (χ4v) is 7.90. The maximum atomic E-state index is 15.1. The Morgan fingerprint density at radius 2 is 1.93 bits per heavy atom. The van der Waals surface area contributed by atoms with Gasteiger partial charge >= 0.3 is 19.4 Å². The van der Waals surface area contributed by atoms with Gasteiger partial charge in [-0.2, -0.15) is 4.98 Å². The van der Waals surface area contributed by atoms with Crippen molar-refractivity contribution in [1.29, 1.82) is 0 Å². The second-order valence-corrected chi connectivity index (χ2v) is 15.4. The first-order chi connectivity index (χ1) is 20.7. The molecule has 1 unspecified atom stereocenters. The van der Waals surface area contributed by atoms with Crippen molar-refractivity contribution in [3.63, 3.8) is 0 Å². The maximum Gasteiger partial charge on any atom is 0.406 e. The summed E-state index contributed by atoms with van der Waals surface area (Å²) in [6.07, 6.45) is -1.10. The summed E-state index contributed by atoms with van der Waals surface area (Å²) in [5.74, 6) is -0.179. The number of thioether (sulfide) groups is 2. The van der Waals surface area contributed by atoms with E-state index < -0.39 is 60.4 Å². The molecule has 0 amide bonds. The summed E-state index contributed by atoms with van der Waals surface area (Å²) in [7, 11) is -4.19. The molecule has 0 saturated carbocycles. The van der Waals surface area contributed by atoms with Crippen molar-refractivity contribution in [2.75, 3.05) is 24.7 Å². The number of halogens is 1. The molecular weight excluding hydrogens is 634 g/mol. The predicted octanol–water partition coefficient (Wildman–Crippen LogP) is 4.09. The number of nitrogens with two attached hydrogens (primary N) is 1. The van der Waals surface area contributed by atoms with Gasteiger partial charge in [-0.1, -0.05) is 62.9 Å². The Balaban J connectivity index is 1.62. The minimum Gasteiger partial charge on any atom is -0.460 e. The van der Waals surface area contributed by atoms with Crippen molar-refractivity contribution in [1.82, 2.24) is 14.6 Å². The molecule has 1 aliphatic rings. The van der Waals surface area contributed by atoms with Crippen LogP contribution in [0.4, 0.5) is 10.2 Å². The van der Waals surface area contributed by atoms with Crippen LogP contribution in [0.25, 0.3) is 0 Å². The summed E-state index contributed by atoms with van der Waals surface area (Å²) in [6, 6.07) is 9.26. The van der Waals surface area contributed by atoms with Crippen molar-refractivity contribution >= 4 is 48.2 Å². The first-order valence-electron chi connectivity index (χ1n) is 14.1. The largest absolute Gasteiger partial charge is 0.460 e. The Hall–Kier alpha value is -2.26. The molecule has 4 N–H and O–H groups in total.